The molecule has 0 atom stereocenters. The predicted octanol–water partition coefficient (Wildman–Crippen LogP) is 5.88. The van der Waals surface area contributed by atoms with E-state index < -0.39 is 0 Å². The normalized spacial score (nSPS) is 15.8. The molecule has 3 heterocycles. The van der Waals surface area contributed by atoms with Crippen molar-refractivity contribution in [3.63, 3.8) is 0 Å². The monoisotopic (exact) mass is 528 g/mol. The maximum absolute atomic E-state index is 5.92. The minimum Gasteiger partial charge on any atom is -0.490 e. The van der Waals surface area contributed by atoms with Crippen molar-refractivity contribution < 1.29 is 9.47 Å². The van der Waals surface area contributed by atoms with Gasteiger partial charge in [0.1, 0.15) is 30.5 Å². The Morgan fingerprint density at radius 1 is 0.821 bits per heavy atom. The molecule has 1 N–H and O–H groups in total. The lowest BCUT2D eigenvalue weighted by molar-refractivity contribution is 0.217. The average Bonchev–Trinajstić information content (AvgIpc) is 3.66. The Bertz CT molecular complexity index is 1210. The highest BCUT2D eigenvalue weighted by Crippen LogP contribution is 2.26. The maximum atomic E-state index is 5.92. The van der Waals surface area contributed by atoms with Crippen molar-refractivity contribution in [2.75, 3.05) is 54.6 Å². The summed E-state index contributed by atoms with van der Waals surface area (Å²) in [6.45, 7) is 11.6. The molecule has 0 aliphatic carbocycles. The van der Waals surface area contributed by atoms with Gasteiger partial charge in [-0.15, -0.1) is 0 Å². The predicted molar refractivity (Wildman–Crippen MR) is 159 cm³/mol. The average molecular weight is 529 g/mol. The van der Waals surface area contributed by atoms with Crippen molar-refractivity contribution in [1.82, 2.24) is 9.97 Å². The molecule has 0 amide bonds. The summed E-state index contributed by atoms with van der Waals surface area (Å²) in [5, 5.41) is 4.47. The van der Waals surface area contributed by atoms with E-state index in [4.69, 9.17) is 19.4 Å². The first-order chi connectivity index (χ1) is 18.9. The summed E-state index contributed by atoms with van der Waals surface area (Å²) >= 11 is 0. The molecular weight excluding hydrogens is 488 g/mol. The van der Waals surface area contributed by atoms with E-state index in [1.807, 2.05) is 42.5 Å². The van der Waals surface area contributed by atoms with Gasteiger partial charge in [-0.2, -0.15) is 15.1 Å². The third-order valence-corrected chi connectivity index (χ3v) is 7.11. The fourth-order valence-corrected chi connectivity index (χ4v) is 4.87. The quantitative estimate of drug-likeness (QED) is 0.200. The highest BCUT2D eigenvalue weighted by atomic mass is 16.5. The van der Waals surface area contributed by atoms with E-state index in [1.165, 1.54) is 31.2 Å². The number of rotatable bonds is 10. The summed E-state index contributed by atoms with van der Waals surface area (Å²) in [6.07, 6.45) is 6.58. The molecule has 2 aliphatic heterocycles. The molecular formula is C31H40N6O2. The van der Waals surface area contributed by atoms with Gasteiger partial charge in [-0.1, -0.05) is 45.0 Å². The van der Waals surface area contributed by atoms with Crippen LogP contribution >= 0.6 is 0 Å². The van der Waals surface area contributed by atoms with Crippen molar-refractivity contribution in [3.05, 3.63) is 65.7 Å². The third kappa shape index (κ3) is 7.40. The smallest absolute Gasteiger partial charge is 0.229 e. The molecule has 0 unspecified atom stereocenters. The van der Waals surface area contributed by atoms with Gasteiger partial charge in [0.05, 0.1) is 6.21 Å². The van der Waals surface area contributed by atoms with Crippen LogP contribution in [0.15, 0.2) is 59.7 Å². The molecule has 0 saturated carbocycles. The van der Waals surface area contributed by atoms with E-state index in [-0.39, 0.29) is 5.41 Å². The first-order valence-corrected chi connectivity index (χ1v) is 14.1. The summed E-state index contributed by atoms with van der Waals surface area (Å²) in [4.78, 5) is 14.2. The standard InChI is InChI=1S/C31H40N6O2/c1-31(2,3)25-11-13-26(14-12-25)38-19-20-39-27-10-8-9-24(21-27)23-32-35-28-22-29(36-15-4-5-16-36)34-30(33-28)37-17-6-7-18-37/h8-14,21-23H,4-7,15-20H2,1-3H3,(H,33,34,35)/b32-23-. The van der Waals surface area contributed by atoms with Crippen molar-refractivity contribution in [2.45, 2.75) is 51.9 Å². The SMILES string of the molecule is CC(C)(C)c1ccc(OCCOc2cccc(/C=N\Nc3cc(N4CCCC4)nc(N4CCCC4)n3)c2)cc1. The zero-order chi connectivity index (χ0) is 27.1. The Morgan fingerprint density at radius 3 is 2.18 bits per heavy atom. The van der Waals surface area contributed by atoms with Gasteiger partial charge in [-0.25, -0.2) is 0 Å². The molecule has 2 aliphatic rings. The molecule has 39 heavy (non-hydrogen) atoms. The summed E-state index contributed by atoms with van der Waals surface area (Å²) in [7, 11) is 0. The molecule has 8 heteroatoms. The number of benzene rings is 2. The molecule has 8 nitrogen and oxygen atoms in total. The highest BCUT2D eigenvalue weighted by Gasteiger charge is 2.20. The molecule has 0 spiro atoms. The Kier molecular flexibility index (Phi) is 8.49. The molecule has 206 valence electrons. The van der Waals surface area contributed by atoms with Crippen LogP contribution in [0.5, 0.6) is 11.5 Å². The molecule has 2 aromatic carbocycles. The lowest BCUT2D eigenvalue weighted by Gasteiger charge is -2.21. The third-order valence-electron chi connectivity index (χ3n) is 7.11. The van der Waals surface area contributed by atoms with Crippen LogP contribution in [-0.4, -0.2) is 55.6 Å². The fraction of sp³-hybridized carbons (Fsp3) is 0.452. The van der Waals surface area contributed by atoms with Crippen LogP contribution in [0, 0.1) is 0 Å². The van der Waals surface area contributed by atoms with Crippen LogP contribution in [0.1, 0.15) is 57.6 Å². The molecule has 5 rings (SSSR count). The van der Waals surface area contributed by atoms with E-state index in [0.29, 0.717) is 19.0 Å². The van der Waals surface area contributed by atoms with Crippen LogP contribution in [0.4, 0.5) is 17.6 Å². The van der Waals surface area contributed by atoms with Crippen molar-refractivity contribution in [1.29, 1.82) is 0 Å². The Morgan fingerprint density at radius 2 is 1.49 bits per heavy atom. The lowest BCUT2D eigenvalue weighted by atomic mass is 9.87. The fourth-order valence-electron chi connectivity index (χ4n) is 4.87. The maximum Gasteiger partial charge on any atom is 0.229 e. The van der Waals surface area contributed by atoms with Crippen LogP contribution in [0.3, 0.4) is 0 Å². The largest absolute Gasteiger partial charge is 0.490 e. The molecule has 1 aromatic heterocycles. The van der Waals surface area contributed by atoms with Gasteiger partial charge in [0.15, 0.2) is 5.82 Å². The highest BCUT2D eigenvalue weighted by molar-refractivity contribution is 5.80. The first kappa shape index (κ1) is 26.8. The second-order valence-corrected chi connectivity index (χ2v) is 11.2. The number of ether oxygens (including phenoxy) is 2. The molecule has 3 aromatic rings. The second-order valence-electron chi connectivity index (χ2n) is 11.2. The van der Waals surface area contributed by atoms with E-state index in [9.17, 15) is 0 Å². The summed E-state index contributed by atoms with van der Waals surface area (Å²) in [6, 6.07) is 18.1. The molecule has 0 radical (unpaired) electrons. The zero-order valence-electron chi connectivity index (χ0n) is 23.4. The zero-order valence-corrected chi connectivity index (χ0v) is 23.4. The van der Waals surface area contributed by atoms with Gasteiger partial charge >= 0.3 is 0 Å². The topological polar surface area (TPSA) is 75.1 Å². The lowest BCUT2D eigenvalue weighted by Crippen LogP contribution is -2.24. The number of hydrazone groups is 1. The van der Waals surface area contributed by atoms with E-state index in [2.05, 4.69) is 53.2 Å². The van der Waals surface area contributed by atoms with Crippen LogP contribution in [0.2, 0.25) is 0 Å². The number of nitrogens with one attached hydrogen (secondary N) is 1. The van der Waals surface area contributed by atoms with Gasteiger partial charge in [0.2, 0.25) is 5.95 Å². The summed E-state index contributed by atoms with van der Waals surface area (Å²) in [5.41, 5.74) is 5.49. The van der Waals surface area contributed by atoms with E-state index in [0.717, 1.165) is 55.0 Å². The van der Waals surface area contributed by atoms with Gasteiger partial charge < -0.3 is 19.3 Å². The summed E-state index contributed by atoms with van der Waals surface area (Å²) < 4.78 is 11.8. The van der Waals surface area contributed by atoms with Gasteiger partial charge in [0.25, 0.3) is 0 Å². The molecule has 2 fully saturated rings. The Hall–Kier alpha value is -3.81. The molecule has 0 bridgehead atoms. The minimum atomic E-state index is 0.132. The minimum absolute atomic E-state index is 0.132. The van der Waals surface area contributed by atoms with Gasteiger partial charge in [-0.05, 0) is 66.5 Å². The van der Waals surface area contributed by atoms with Gasteiger partial charge in [-0.3, -0.25) is 5.43 Å². The van der Waals surface area contributed by atoms with E-state index in [1.54, 1.807) is 6.21 Å². The van der Waals surface area contributed by atoms with Crippen molar-refractivity contribution >= 4 is 23.8 Å². The Balaban J connectivity index is 1.15. The van der Waals surface area contributed by atoms with E-state index >= 15 is 0 Å². The van der Waals surface area contributed by atoms with Crippen LogP contribution in [0.25, 0.3) is 0 Å². The number of hydrogen-bond donors (Lipinski definition) is 1. The number of hydrogen-bond acceptors (Lipinski definition) is 8. The van der Waals surface area contributed by atoms with Crippen LogP contribution < -0.4 is 24.7 Å². The van der Waals surface area contributed by atoms with Crippen LogP contribution in [-0.2, 0) is 5.41 Å². The van der Waals surface area contributed by atoms with Gasteiger partial charge in [0, 0.05) is 32.2 Å². The molecule has 2 saturated heterocycles. The second kappa shape index (κ2) is 12.4. The summed E-state index contributed by atoms with van der Waals surface area (Å²) in [5.74, 6) is 4.11. The number of aromatic nitrogens is 2. The van der Waals surface area contributed by atoms with Crippen molar-refractivity contribution in [3.8, 4) is 11.5 Å². The first-order valence-electron chi connectivity index (χ1n) is 14.1. The Labute approximate surface area is 232 Å². The number of anilines is 3. The van der Waals surface area contributed by atoms with Crippen molar-refractivity contribution in [2.24, 2.45) is 5.10 Å². The number of nitrogens with zero attached hydrogens (tertiary/aromatic N) is 5.